The Hall–Kier alpha value is -3.28. The fourth-order valence-electron chi connectivity index (χ4n) is 3.36. The number of hydrogen-bond acceptors (Lipinski definition) is 4. The minimum Gasteiger partial charge on any atom is -0.451 e. The predicted molar refractivity (Wildman–Crippen MR) is 118 cm³/mol. The first-order chi connectivity index (χ1) is 14.5. The molecule has 0 bridgehead atoms. The highest BCUT2D eigenvalue weighted by Crippen LogP contribution is 2.34. The zero-order valence-electron chi connectivity index (χ0n) is 15.7. The van der Waals surface area contributed by atoms with Crippen molar-refractivity contribution in [3.63, 3.8) is 0 Å². The minimum absolute atomic E-state index is 0.240. The topological polar surface area (TPSA) is 68.3 Å². The standard InChI is InChI=1S/C23H14Cl2N2O3/c1-12-15(23-27-18-11-14(24)10-16(25)21(18)30-23)6-4-7-17(12)26-22(28)20-9-13-5-2-3-8-19(13)29-20/h2-11H,1H3,(H,26,28). The van der Waals surface area contributed by atoms with Crippen LogP contribution in [0.4, 0.5) is 5.69 Å². The molecule has 5 aromatic rings. The van der Waals surface area contributed by atoms with Gasteiger partial charge in [0.1, 0.15) is 11.1 Å². The molecular weight excluding hydrogens is 423 g/mol. The molecule has 0 aliphatic rings. The number of fused-ring (bicyclic) bond motifs is 2. The van der Waals surface area contributed by atoms with E-state index in [2.05, 4.69) is 10.3 Å². The summed E-state index contributed by atoms with van der Waals surface area (Å²) in [6.07, 6.45) is 0. The van der Waals surface area contributed by atoms with Gasteiger partial charge in [-0.15, -0.1) is 0 Å². The van der Waals surface area contributed by atoms with Gasteiger partial charge in [-0.05, 0) is 48.9 Å². The van der Waals surface area contributed by atoms with Crippen molar-refractivity contribution in [1.82, 2.24) is 4.98 Å². The number of hydrogen-bond donors (Lipinski definition) is 1. The Morgan fingerprint density at radius 2 is 1.83 bits per heavy atom. The van der Waals surface area contributed by atoms with Crippen LogP contribution in [0.15, 0.2) is 69.5 Å². The van der Waals surface area contributed by atoms with Crippen LogP contribution in [-0.2, 0) is 0 Å². The number of amides is 1. The Kier molecular flexibility index (Phi) is 4.50. The zero-order valence-corrected chi connectivity index (χ0v) is 17.2. The van der Waals surface area contributed by atoms with E-state index in [1.54, 1.807) is 18.2 Å². The summed E-state index contributed by atoms with van der Waals surface area (Å²) in [5.41, 5.74) is 3.86. The number of oxazole rings is 1. The zero-order chi connectivity index (χ0) is 20.8. The highest BCUT2D eigenvalue weighted by Gasteiger charge is 2.18. The van der Waals surface area contributed by atoms with E-state index in [1.165, 1.54) is 0 Å². The molecule has 7 heteroatoms. The Morgan fingerprint density at radius 3 is 2.67 bits per heavy atom. The summed E-state index contributed by atoms with van der Waals surface area (Å²) in [4.78, 5) is 17.2. The largest absolute Gasteiger partial charge is 0.451 e. The van der Waals surface area contributed by atoms with E-state index in [0.29, 0.717) is 38.3 Å². The maximum absolute atomic E-state index is 12.7. The molecule has 5 nitrogen and oxygen atoms in total. The first-order valence-corrected chi connectivity index (χ1v) is 9.91. The highest BCUT2D eigenvalue weighted by atomic mass is 35.5. The van der Waals surface area contributed by atoms with Crippen molar-refractivity contribution >= 4 is 56.9 Å². The third kappa shape index (κ3) is 3.22. The summed E-state index contributed by atoms with van der Waals surface area (Å²) in [7, 11) is 0. The molecule has 0 radical (unpaired) electrons. The van der Waals surface area contributed by atoms with Gasteiger partial charge in [-0.3, -0.25) is 4.79 Å². The van der Waals surface area contributed by atoms with Gasteiger partial charge in [0, 0.05) is 21.7 Å². The quantitative estimate of drug-likeness (QED) is 0.327. The Balaban J connectivity index is 1.50. The second-order valence-corrected chi connectivity index (χ2v) is 7.68. The van der Waals surface area contributed by atoms with Crippen LogP contribution < -0.4 is 5.32 Å². The number of para-hydroxylation sites is 1. The number of halogens is 2. The molecule has 0 saturated carbocycles. The van der Waals surface area contributed by atoms with E-state index in [9.17, 15) is 4.79 Å². The van der Waals surface area contributed by atoms with Gasteiger partial charge in [-0.2, -0.15) is 0 Å². The fourth-order valence-corrected chi connectivity index (χ4v) is 3.88. The van der Waals surface area contributed by atoms with Crippen LogP contribution in [0.5, 0.6) is 0 Å². The number of aromatic nitrogens is 1. The lowest BCUT2D eigenvalue weighted by Gasteiger charge is -2.09. The van der Waals surface area contributed by atoms with Crippen molar-refractivity contribution in [2.24, 2.45) is 0 Å². The fraction of sp³-hybridized carbons (Fsp3) is 0.0435. The van der Waals surface area contributed by atoms with Crippen LogP contribution in [0, 0.1) is 6.92 Å². The molecule has 0 spiro atoms. The first-order valence-electron chi connectivity index (χ1n) is 9.15. The lowest BCUT2D eigenvalue weighted by atomic mass is 10.1. The van der Waals surface area contributed by atoms with Gasteiger partial charge < -0.3 is 14.2 Å². The lowest BCUT2D eigenvalue weighted by molar-refractivity contribution is 0.0998. The molecule has 0 atom stereocenters. The average Bonchev–Trinajstić information content (AvgIpc) is 3.34. The van der Waals surface area contributed by atoms with E-state index in [0.717, 1.165) is 16.5 Å². The number of nitrogens with zero attached hydrogens (tertiary/aromatic N) is 1. The molecule has 30 heavy (non-hydrogen) atoms. The summed E-state index contributed by atoms with van der Waals surface area (Å²) in [6, 6.07) is 18.0. The van der Waals surface area contributed by atoms with E-state index in [4.69, 9.17) is 32.0 Å². The molecule has 1 N–H and O–H groups in total. The summed E-state index contributed by atoms with van der Waals surface area (Å²) < 4.78 is 11.5. The van der Waals surface area contributed by atoms with E-state index >= 15 is 0 Å². The van der Waals surface area contributed by atoms with E-state index in [-0.39, 0.29) is 11.7 Å². The third-order valence-corrected chi connectivity index (χ3v) is 5.37. The van der Waals surface area contributed by atoms with Crippen LogP contribution in [0.3, 0.4) is 0 Å². The Morgan fingerprint density at radius 1 is 1.00 bits per heavy atom. The molecule has 0 unspecified atom stereocenters. The molecular formula is C23H14Cl2N2O3. The van der Waals surface area contributed by atoms with E-state index in [1.807, 2.05) is 49.4 Å². The average molecular weight is 437 g/mol. The van der Waals surface area contributed by atoms with Gasteiger partial charge in [0.2, 0.25) is 5.89 Å². The number of rotatable bonds is 3. The van der Waals surface area contributed by atoms with Gasteiger partial charge in [0.25, 0.3) is 5.91 Å². The second kappa shape index (κ2) is 7.20. The van der Waals surface area contributed by atoms with Crippen LogP contribution >= 0.6 is 23.2 Å². The molecule has 1 amide bonds. The van der Waals surface area contributed by atoms with Crippen LogP contribution in [0.2, 0.25) is 10.0 Å². The molecule has 0 fully saturated rings. The minimum atomic E-state index is -0.334. The first kappa shape index (κ1) is 18.7. The maximum Gasteiger partial charge on any atom is 0.291 e. The number of carbonyl (C=O) groups excluding carboxylic acids is 1. The van der Waals surface area contributed by atoms with Gasteiger partial charge in [0.15, 0.2) is 11.3 Å². The Bertz CT molecular complexity index is 1400. The summed E-state index contributed by atoms with van der Waals surface area (Å²) in [6.45, 7) is 1.88. The van der Waals surface area contributed by atoms with Gasteiger partial charge in [-0.1, -0.05) is 47.5 Å². The molecule has 148 valence electrons. The number of anilines is 1. The summed E-state index contributed by atoms with van der Waals surface area (Å²) >= 11 is 12.3. The molecule has 5 rings (SSSR count). The van der Waals surface area contributed by atoms with Crippen LogP contribution in [0.1, 0.15) is 16.1 Å². The number of benzene rings is 3. The molecule has 3 aromatic carbocycles. The van der Waals surface area contributed by atoms with Crippen molar-refractivity contribution in [1.29, 1.82) is 0 Å². The smallest absolute Gasteiger partial charge is 0.291 e. The van der Waals surface area contributed by atoms with Crippen molar-refractivity contribution in [3.8, 4) is 11.5 Å². The molecule has 0 saturated heterocycles. The van der Waals surface area contributed by atoms with Crippen molar-refractivity contribution in [2.75, 3.05) is 5.32 Å². The van der Waals surface area contributed by atoms with Crippen molar-refractivity contribution < 1.29 is 13.6 Å². The predicted octanol–water partition coefficient (Wildman–Crippen LogP) is 7.11. The molecule has 0 aliphatic heterocycles. The summed E-state index contributed by atoms with van der Waals surface area (Å²) in [5.74, 6) is 0.301. The normalized spacial score (nSPS) is 11.3. The van der Waals surface area contributed by atoms with Crippen LogP contribution in [-0.4, -0.2) is 10.9 Å². The molecule has 0 aliphatic carbocycles. The summed E-state index contributed by atoms with van der Waals surface area (Å²) in [5, 5.41) is 4.65. The van der Waals surface area contributed by atoms with Gasteiger partial charge >= 0.3 is 0 Å². The Labute approximate surface area is 181 Å². The molecule has 2 aromatic heterocycles. The van der Waals surface area contributed by atoms with E-state index < -0.39 is 0 Å². The maximum atomic E-state index is 12.7. The SMILES string of the molecule is Cc1c(NC(=O)c2cc3ccccc3o2)cccc1-c1nc2cc(Cl)cc(Cl)c2o1. The van der Waals surface area contributed by atoms with Gasteiger partial charge in [-0.25, -0.2) is 4.98 Å². The van der Waals surface area contributed by atoms with Crippen LogP contribution in [0.25, 0.3) is 33.5 Å². The third-order valence-electron chi connectivity index (χ3n) is 4.87. The lowest BCUT2D eigenvalue weighted by Crippen LogP contribution is -2.12. The second-order valence-electron chi connectivity index (χ2n) is 6.84. The highest BCUT2D eigenvalue weighted by molar-refractivity contribution is 6.38. The number of furan rings is 1. The van der Waals surface area contributed by atoms with Gasteiger partial charge in [0.05, 0.1) is 5.02 Å². The van der Waals surface area contributed by atoms with Crippen molar-refractivity contribution in [3.05, 3.63) is 82.0 Å². The van der Waals surface area contributed by atoms with Crippen molar-refractivity contribution in [2.45, 2.75) is 6.92 Å². The monoisotopic (exact) mass is 436 g/mol. The number of carbonyl (C=O) groups is 1. The number of nitrogens with one attached hydrogen (secondary N) is 1. The molecule has 2 heterocycles.